The first-order valence-corrected chi connectivity index (χ1v) is 6.60. The Hall–Kier alpha value is -1.20. The quantitative estimate of drug-likeness (QED) is 0.889. The smallest absolute Gasteiger partial charge is 0.387 e. The number of hydrogen-bond acceptors (Lipinski definition) is 3. The zero-order valence-corrected chi connectivity index (χ0v) is 11.1. The molecule has 0 bridgehead atoms. The minimum absolute atomic E-state index is 0.262. The molecule has 0 aromatic heterocycles. The van der Waals surface area contributed by atoms with Crippen molar-refractivity contribution in [2.24, 2.45) is 0 Å². The van der Waals surface area contributed by atoms with E-state index in [1.807, 2.05) is 12.1 Å². The van der Waals surface area contributed by atoms with E-state index in [9.17, 15) is 8.78 Å². The zero-order chi connectivity index (χ0) is 13.7. The summed E-state index contributed by atoms with van der Waals surface area (Å²) in [5.41, 5.74) is 0.779. The molecular formula is C14H20F2N2O. The number of nitrogens with zero attached hydrogens (tertiary/aromatic N) is 1. The van der Waals surface area contributed by atoms with Crippen LogP contribution < -0.4 is 10.1 Å². The van der Waals surface area contributed by atoms with E-state index in [4.69, 9.17) is 0 Å². The Bertz CT molecular complexity index is 393. The number of alkyl halides is 2. The Morgan fingerprint density at radius 1 is 1.32 bits per heavy atom. The van der Waals surface area contributed by atoms with E-state index in [-0.39, 0.29) is 5.75 Å². The third-order valence-corrected chi connectivity index (χ3v) is 3.49. The van der Waals surface area contributed by atoms with Gasteiger partial charge in [-0.05, 0) is 39.0 Å². The molecule has 0 radical (unpaired) electrons. The number of rotatable bonds is 5. The predicted octanol–water partition coefficient (Wildman–Crippen LogP) is 2.47. The maximum Gasteiger partial charge on any atom is 0.387 e. The van der Waals surface area contributed by atoms with Crippen LogP contribution in [-0.4, -0.2) is 37.7 Å². The van der Waals surface area contributed by atoms with Gasteiger partial charge in [-0.2, -0.15) is 8.78 Å². The Morgan fingerprint density at radius 3 is 2.68 bits per heavy atom. The average molecular weight is 270 g/mol. The molecule has 0 saturated carbocycles. The largest absolute Gasteiger partial charge is 0.434 e. The summed E-state index contributed by atoms with van der Waals surface area (Å²) in [6.45, 7) is -0.0544. The van der Waals surface area contributed by atoms with Crippen molar-refractivity contribution in [3.63, 3.8) is 0 Å². The van der Waals surface area contributed by atoms with Gasteiger partial charge >= 0.3 is 6.61 Å². The highest BCUT2D eigenvalue weighted by molar-refractivity contribution is 5.33. The lowest BCUT2D eigenvalue weighted by atomic mass is 10.1. The van der Waals surface area contributed by atoms with Gasteiger partial charge in [0.1, 0.15) is 5.75 Å². The molecule has 1 aliphatic rings. The van der Waals surface area contributed by atoms with Crippen LogP contribution in [0.5, 0.6) is 5.75 Å². The number of benzene rings is 1. The number of para-hydroxylation sites is 1. The zero-order valence-electron chi connectivity index (χ0n) is 11.1. The normalized spacial score (nSPS) is 17.9. The molecule has 1 aromatic carbocycles. The maximum absolute atomic E-state index is 12.3. The molecule has 1 aliphatic heterocycles. The maximum atomic E-state index is 12.3. The second-order valence-corrected chi connectivity index (χ2v) is 4.94. The van der Waals surface area contributed by atoms with Crippen LogP contribution in [0.25, 0.3) is 0 Å². The lowest BCUT2D eigenvalue weighted by Gasteiger charge is -2.29. The summed E-state index contributed by atoms with van der Waals surface area (Å²) >= 11 is 0. The molecule has 0 spiro atoms. The molecule has 0 atom stereocenters. The van der Waals surface area contributed by atoms with E-state index in [1.165, 1.54) is 0 Å². The molecule has 0 aliphatic carbocycles. The molecule has 1 fully saturated rings. The van der Waals surface area contributed by atoms with Crippen LogP contribution in [0.15, 0.2) is 24.3 Å². The van der Waals surface area contributed by atoms with Crippen molar-refractivity contribution in [2.45, 2.75) is 32.0 Å². The molecule has 0 amide bonds. The third kappa shape index (κ3) is 4.44. The van der Waals surface area contributed by atoms with Crippen LogP contribution in [0.3, 0.4) is 0 Å². The van der Waals surface area contributed by atoms with Gasteiger partial charge in [-0.25, -0.2) is 0 Å². The second kappa shape index (κ2) is 6.82. The van der Waals surface area contributed by atoms with Gasteiger partial charge in [0, 0.05) is 18.2 Å². The van der Waals surface area contributed by atoms with Gasteiger partial charge in [0.25, 0.3) is 0 Å². The van der Waals surface area contributed by atoms with Gasteiger partial charge < -0.3 is 15.0 Å². The number of nitrogens with one attached hydrogen (secondary N) is 1. The molecule has 2 rings (SSSR count). The predicted molar refractivity (Wildman–Crippen MR) is 70.4 cm³/mol. The molecular weight excluding hydrogens is 250 g/mol. The van der Waals surface area contributed by atoms with Crippen molar-refractivity contribution in [1.29, 1.82) is 0 Å². The summed E-state index contributed by atoms with van der Waals surface area (Å²) in [4.78, 5) is 2.30. The van der Waals surface area contributed by atoms with Crippen LogP contribution in [0, 0.1) is 0 Å². The molecule has 106 valence electrons. The SMILES string of the molecule is CN1CCC(NCc2ccccc2OC(F)F)CC1. The molecule has 1 aromatic rings. The van der Waals surface area contributed by atoms with Gasteiger partial charge in [0.15, 0.2) is 0 Å². The van der Waals surface area contributed by atoms with Crippen LogP contribution >= 0.6 is 0 Å². The Kier molecular flexibility index (Phi) is 5.10. The van der Waals surface area contributed by atoms with E-state index in [0.717, 1.165) is 31.5 Å². The van der Waals surface area contributed by atoms with E-state index in [0.29, 0.717) is 12.6 Å². The van der Waals surface area contributed by atoms with Crippen molar-refractivity contribution in [3.8, 4) is 5.75 Å². The number of halogens is 2. The van der Waals surface area contributed by atoms with Crippen LogP contribution in [0.2, 0.25) is 0 Å². The Balaban J connectivity index is 1.88. The first-order valence-electron chi connectivity index (χ1n) is 6.60. The Labute approximate surface area is 112 Å². The summed E-state index contributed by atoms with van der Waals surface area (Å²) < 4.78 is 29.1. The molecule has 1 heterocycles. The summed E-state index contributed by atoms with van der Waals surface area (Å²) in [7, 11) is 2.11. The molecule has 1 N–H and O–H groups in total. The minimum atomic E-state index is -2.77. The second-order valence-electron chi connectivity index (χ2n) is 4.94. The van der Waals surface area contributed by atoms with Crippen LogP contribution in [0.4, 0.5) is 8.78 Å². The van der Waals surface area contributed by atoms with Gasteiger partial charge in [0.2, 0.25) is 0 Å². The summed E-state index contributed by atoms with van der Waals surface area (Å²) in [5, 5.41) is 3.42. The lowest BCUT2D eigenvalue weighted by molar-refractivity contribution is -0.0505. The lowest BCUT2D eigenvalue weighted by Crippen LogP contribution is -2.40. The molecule has 5 heteroatoms. The summed E-state index contributed by atoms with van der Waals surface area (Å²) in [6.07, 6.45) is 2.18. The van der Waals surface area contributed by atoms with Crippen molar-refractivity contribution in [2.75, 3.05) is 20.1 Å². The van der Waals surface area contributed by atoms with Crippen LogP contribution in [-0.2, 0) is 6.54 Å². The average Bonchev–Trinajstić information content (AvgIpc) is 2.39. The highest BCUT2D eigenvalue weighted by Crippen LogP contribution is 2.20. The summed E-state index contributed by atoms with van der Waals surface area (Å²) in [5.74, 6) is 0.262. The molecule has 19 heavy (non-hydrogen) atoms. The fourth-order valence-corrected chi connectivity index (χ4v) is 2.33. The molecule has 3 nitrogen and oxygen atoms in total. The van der Waals surface area contributed by atoms with E-state index < -0.39 is 6.61 Å². The van der Waals surface area contributed by atoms with Gasteiger partial charge in [0.05, 0.1) is 0 Å². The van der Waals surface area contributed by atoms with Gasteiger partial charge in [-0.3, -0.25) is 0 Å². The van der Waals surface area contributed by atoms with E-state index in [2.05, 4.69) is 22.0 Å². The van der Waals surface area contributed by atoms with Crippen molar-refractivity contribution in [3.05, 3.63) is 29.8 Å². The monoisotopic (exact) mass is 270 g/mol. The van der Waals surface area contributed by atoms with Crippen molar-refractivity contribution in [1.82, 2.24) is 10.2 Å². The Morgan fingerprint density at radius 2 is 2.00 bits per heavy atom. The van der Waals surface area contributed by atoms with Gasteiger partial charge in [-0.1, -0.05) is 18.2 Å². The van der Waals surface area contributed by atoms with Gasteiger partial charge in [-0.15, -0.1) is 0 Å². The van der Waals surface area contributed by atoms with Crippen molar-refractivity contribution < 1.29 is 13.5 Å². The third-order valence-electron chi connectivity index (χ3n) is 3.49. The fourth-order valence-electron chi connectivity index (χ4n) is 2.33. The first kappa shape index (κ1) is 14.2. The first-order chi connectivity index (χ1) is 9.15. The highest BCUT2D eigenvalue weighted by Gasteiger charge is 2.16. The number of hydrogen-bond donors (Lipinski definition) is 1. The van der Waals surface area contributed by atoms with Crippen molar-refractivity contribution >= 4 is 0 Å². The topological polar surface area (TPSA) is 24.5 Å². The van der Waals surface area contributed by atoms with E-state index >= 15 is 0 Å². The number of ether oxygens (including phenoxy) is 1. The summed E-state index contributed by atoms with van der Waals surface area (Å²) in [6, 6.07) is 7.40. The molecule has 0 unspecified atom stereocenters. The number of piperidine rings is 1. The fraction of sp³-hybridized carbons (Fsp3) is 0.571. The number of likely N-dealkylation sites (tertiary alicyclic amines) is 1. The van der Waals surface area contributed by atoms with Crippen LogP contribution in [0.1, 0.15) is 18.4 Å². The molecule has 1 saturated heterocycles. The minimum Gasteiger partial charge on any atom is -0.434 e. The van der Waals surface area contributed by atoms with E-state index in [1.54, 1.807) is 12.1 Å². The standard InChI is InChI=1S/C14H20F2N2O/c1-18-8-6-12(7-9-18)17-10-11-4-2-3-5-13(11)19-14(15)16/h2-5,12,14,17H,6-10H2,1H3. The highest BCUT2D eigenvalue weighted by atomic mass is 19.3.